The van der Waals surface area contributed by atoms with Gasteiger partial charge in [0.15, 0.2) is 11.7 Å². The topological polar surface area (TPSA) is 55.6 Å². The van der Waals surface area contributed by atoms with Gasteiger partial charge in [-0.15, -0.1) is 0 Å². The summed E-state index contributed by atoms with van der Waals surface area (Å²) in [6, 6.07) is 17.3. The van der Waals surface area contributed by atoms with Crippen molar-refractivity contribution < 1.29 is 13.9 Å². The van der Waals surface area contributed by atoms with Crippen LogP contribution in [0.4, 0.5) is 0 Å². The first kappa shape index (κ1) is 20.5. The van der Waals surface area contributed by atoms with Crippen molar-refractivity contribution in [2.75, 3.05) is 19.7 Å². The SMILES string of the molecule is O=C(CCc1ncc(-c2ccccc2Cl)o1)N1CCCC(COc2ccccc2)C1. The molecule has 2 aromatic carbocycles. The van der Waals surface area contributed by atoms with E-state index in [-0.39, 0.29) is 5.91 Å². The Morgan fingerprint density at radius 2 is 1.97 bits per heavy atom. The van der Waals surface area contributed by atoms with Gasteiger partial charge in [0.1, 0.15) is 5.75 Å². The number of hydrogen-bond donors (Lipinski definition) is 0. The van der Waals surface area contributed by atoms with Crippen LogP contribution in [0.3, 0.4) is 0 Å². The number of oxazole rings is 1. The molecule has 0 spiro atoms. The zero-order chi connectivity index (χ0) is 20.8. The Hall–Kier alpha value is -2.79. The summed E-state index contributed by atoms with van der Waals surface area (Å²) in [5, 5.41) is 0.619. The Kier molecular flexibility index (Phi) is 6.70. The van der Waals surface area contributed by atoms with Crippen LogP contribution in [0.25, 0.3) is 11.3 Å². The van der Waals surface area contributed by atoms with Crippen LogP contribution in [0.1, 0.15) is 25.2 Å². The molecule has 5 nitrogen and oxygen atoms in total. The molecular weight excluding hydrogens is 400 g/mol. The lowest BCUT2D eigenvalue weighted by molar-refractivity contribution is -0.133. The molecule has 1 aliphatic rings. The fourth-order valence-electron chi connectivity index (χ4n) is 3.74. The summed E-state index contributed by atoms with van der Waals surface area (Å²) in [6.07, 6.45) is 4.61. The summed E-state index contributed by atoms with van der Waals surface area (Å²) < 4.78 is 11.7. The lowest BCUT2D eigenvalue weighted by atomic mass is 9.98. The number of piperidine rings is 1. The first-order valence-corrected chi connectivity index (χ1v) is 10.7. The monoisotopic (exact) mass is 424 g/mol. The predicted octanol–water partition coefficient (Wildman–Crippen LogP) is 5.25. The molecular formula is C24H25ClN2O3. The molecule has 30 heavy (non-hydrogen) atoms. The minimum absolute atomic E-state index is 0.136. The van der Waals surface area contributed by atoms with Crippen LogP contribution < -0.4 is 4.74 Å². The second kappa shape index (κ2) is 9.81. The Balaban J connectivity index is 1.27. The van der Waals surface area contributed by atoms with E-state index in [1.165, 1.54) is 0 Å². The molecule has 0 radical (unpaired) electrons. The van der Waals surface area contributed by atoms with Gasteiger partial charge in [-0.2, -0.15) is 0 Å². The van der Waals surface area contributed by atoms with E-state index in [0.29, 0.717) is 42.0 Å². The van der Waals surface area contributed by atoms with Crippen molar-refractivity contribution in [1.82, 2.24) is 9.88 Å². The Morgan fingerprint density at radius 1 is 1.17 bits per heavy atom. The molecule has 0 bridgehead atoms. The van der Waals surface area contributed by atoms with Crippen molar-refractivity contribution in [2.45, 2.75) is 25.7 Å². The highest BCUT2D eigenvalue weighted by Crippen LogP contribution is 2.28. The standard InChI is InChI=1S/C24H25ClN2O3/c25-21-11-5-4-10-20(21)22-15-26-23(30-22)12-13-24(28)27-14-6-7-18(16-27)17-29-19-8-2-1-3-9-19/h1-5,8-11,15,18H,6-7,12-14,16-17H2. The van der Waals surface area contributed by atoms with Crippen LogP contribution in [0.15, 0.2) is 65.2 Å². The molecule has 1 amide bonds. The van der Waals surface area contributed by atoms with Gasteiger partial charge in [-0.1, -0.05) is 41.9 Å². The van der Waals surface area contributed by atoms with Crippen LogP contribution in [0.2, 0.25) is 5.02 Å². The zero-order valence-electron chi connectivity index (χ0n) is 16.8. The maximum atomic E-state index is 12.7. The van der Waals surface area contributed by atoms with Crippen LogP contribution in [0.5, 0.6) is 5.75 Å². The van der Waals surface area contributed by atoms with Crippen LogP contribution in [-0.4, -0.2) is 35.5 Å². The number of aryl methyl sites for hydroxylation is 1. The summed E-state index contributed by atoms with van der Waals surface area (Å²) in [5.74, 6) is 2.55. The molecule has 1 aliphatic heterocycles. The van der Waals surface area contributed by atoms with E-state index in [1.54, 1.807) is 6.20 Å². The maximum absolute atomic E-state index is 12.7. The minimum atomic E-state index is 0.136. The number of carbonyl (C=O) groups is 1. The number of benzene rings is 2. The first-order valence-electron chi connectivity index (χ1n) is 10.3. The molecule has 1 fully saturated rings. The number of halogens is 1. The lowest BCUT2D eigenvalue weighted by Crippen LogP contribution is -2.41. The lowest BCUT2D eigenvalue weighted by Gasteiger charge is -2.32. The quantitative estimate of drug-likeness (QED) is 0.520. The number of nitrogens with zero attached hydrogens (tertiary/aromatic N) is 2. The maximum Gasteiger partial charge on any atom is 0.223 e. The van der Waals surface area contributed by atoms with Gasteiger partial charge in [0.2, 0.25) is 5.91 Å². The van der Waals surface area contributed by atoms with Crippen molar-refractivity contribution in [2.24, 2.45) is 5.92 Å². The van der Waals surface area contributed by atoms with E-state index in [1.807, 2.05) is 59.5 Å². The number of rotatable bonds is 7. The van der Waals surface area contributed by atoms with Crippen molar-refractivity contribution >= 4 is 17.5 Å². The van der Waals surface area contributed by atoms with E-state index in [0.717, 1.165) is 37.2 Å². The molecule has 3 aromatic rings. The number of carbonyl (C=O) groups excluding carboxylic acids is 1. The van der Waals surface area contributed by atoms with Gasteiger partial charge >= 0.3 is 0 Å². The number of amides is 1. The molecule has 0 aliphatic carbocycles. The van der Waals surface area contributed by atoms with Crippen LogP contribution >= 0.6 is 11.6 Å². The fraction of sp³-hybridized carbons (Fsp3) is 0.333. The normalized spacial score (nSPS) is 16.4. The van der Waals surface area contributed by atoms with Crippen molar-refractivity contribution in [3.63, 3.8) is 0 Å². The van der Waals surface area contributed by atoms with Gasteiger partial charge in [0, 0.05) is 37.4 Å². The van der Waals surface area contributed by atoms with Gasteiger partial charge < -0.3 is 14.1 Å². The Bertz CT molecular complexity index is 973. The highest BCUT2D eigenvalue weighted by atomic mass is 35.5. The van der Waals surface area contributed by atoms with Crippen LogP contribution in [0, 0.1) is 5.92 Å². The first-order chi connectivity index (χ1) is 14.7. The average Bonchev–Trinajstić information content (AvgIpc) is 3.26. The molecule has 156 valence electrons. The van der Waals surface area contributed by atoms with E-state index in [4.69, 9.17) is 20.8 Å². The Morgan fingerprint density at radius 3 is 2.80 bits per heavy atom. The van der Waals surface area contributed by atoms with Gasteiger partial charge in [0.25, 0.3) is 0 Å². The smallest absolute Gasteiger partial charge is 0.223 e. The third-order valence-electron chi connectivity index (χ3n) is 5.35. The fourth-order valence-corrected chi connectivity index (χ4v) is 3.97. The highest BCUT2D eigenvalue weighted by Gasteiger charge is 2.24. The molecule has 0 N–H and O–H groups in total. The second-order valence-electron chi connectivity index (χ2n) is 7.57. The summed E-state index contributed by atoms with van der Waals surface area (Å²) in [5.41, 5.74) is 0.807. The van der Waals surface area contributed by atoms with E-state index in [2.05, 4.69) is 4.98 Å². The summed E-state index contributed by atoms with van der Waals surface area (Å²) in [6.45, 7) is 2.17. The van der Waals surface area contributed by atoms with E-state index < -0.39 is 0 Å². The molecule has 1 unspecified atom stereocenters. The van der Waals surface area contributed by atoms with Gasteiger partial charge in [-0.05, 0) is 37.1 Å². The van der Waals surface area contributed by atoms with E-state index >= 15 is 0 Å². The van der Waals surface area contributed by atoms with E-state index in [9.17, 15) is 4.79 Å². The number of ether oxygens (including phenoxy) is 1. The largest absolute Gasteiger partial charge is 0.493 e. The van der Waals surface area contributed by atoms with Crippen molar-refractivity contribution in [3.8, 4) is 17.1 Å². The molecule has 4 rings (SSSR count). The zero-order valence-corrected chi connectivity index (χ0v) is 17.6. The average molecular weight is 425 g/mol. The number of hydrogen-bond acceptors (Lipinski definition) is 4. The summed E-state index contributed by atoms with van der Waals surface area (Å²) in [7, 11) is 0. The molecule has 1 saturated heterocycles. The van der Waals surface area contributed by atoms with Gasteiger partial charge in [-0.25, -0.2) is 4.98 Å². The van der Waals surface area contributed by atoms with Gasteiger partial charge in [-0.3, -0.25) is 4.79 Å². The predicted molar refractivity (Wildman–Crippen MR) is 117 cm³/mol. The highest BCUT2D eigenvalue weighted by molar-refractivity contribution is 6.33. The molecule has 6 heteroatoms. The molecule has 1 atom stereocenters. The third-order valence-corrected chi connectivity index (χ3v) is 5.68. The molecule has 1 aromatic heterocycles. The number of para-hydroxylation sites is 1. The molecule has 0 saturated carbocycles. The molecule has 2 heterocycles. The van der Waals surface area contributed by atoms with Gasteiger partial charge in [0.05, 0.1) is 17.8 Å². The third kappa shape index (κ3) is 5.22. The second-order valence-corrected chi connectivity index (χ2v) is 7.98. The summed E-state index contributed by atoms with van der Waals surface area (Å²) in [4.78, 5) is 19.0. The van der Waals surface area contributed by atoms with Crippen molar-refractivity contribution in [3.05, 3.63) is 71.7 Å². The van der Waals surface area contributed by atoms with Crippen molar-refractivity contribution in [1.29, 1.82) is 0 Å². The van der Waals surface area contributed by atoms with Crippen LogP contribution in [-0.2, 0) is 11.2 Å². The Labute approximate surface area is 181 Å². The minimum Gasteiger partial charge on any atom is -0.493 e. The number of aromatic nitrogens is 1. The summed E-state index contributed by atoms with van der Waals surface area (Å²) >= 11 is 6.22. The number of likely N-dealkylation sites (tertiary alicyclic amines) is 1.